The molecule has 1 heterocycles. The van der Waals surface area contributed by atoms with Crippen molar-refractivity contribution in [3.63, 3.8) is 0 Å². The van der Waals surface area contributed by atoms with Crippen molar-refractivity contribution in [1.82, 2.24) is 0 Å². The number of carbonyl (C=O) groups is 1. The Morgan fingerprint density at radius 1 is 1.38 bits per heavy atom. The largest absolute Gasteiger partial charge is 0.324 e. The van der Waals surface area contributed by atoms with E-state index < -0.39 is 15.6 Å². The third-order valence-electron chi connectivity index (χ3n) is 4.08. The molecule has 2 aliphatic rings. The van der Waals surface area contributed by atoms with Crippen LogP contribution in [0.5, 0.6) is 0 Å². The number of hydrogen-bond donors (Lipinski definition) is 2. The Kier molecular flexibility index (Phi) is 3.22. The minimum Gasteiger partial charge on any atom is -0.324 e. The molecule has 1 aliphatic heterocycles. The number of rotatable bonds is 3. The average molecular weight is 309 g/mol. The molecule has 0 radical (unpaired) electrons. The van der Waals surface area contributed by atoms with Gasteiger partial charge in [-0.1, -0.05) is 6.07 Å². The van der Waals surface area contributed by atoms with Gasteiger partial charge in [0.2, 0.25) is 15.9 Å². The van der Waals surface area contributed by atoms with Crippen LogP contribution in [0.25, 0.3) is 0 Å². The highest BCUT2D eigenvalue weighted by atomic mass is 32.2. The van der Waals surface area contributed by atoms with Gasteiger partial charge in [0.1, 0.15) is 0 Å². The van der Waals surface area contributed by atoms with Crippen LogP contribution in [-0.4, -0.2) is 32.2 Å². The van der Waals surface area contributed by atoms with E-state index in [1.165, 1.54) is 4.31 Å². The summed E-state index contributed by atoms with van der Waals surface area (Å²) >= 11 is 0. The first kappa shape index (κ1) is 14.3. The maximum atomic E-state index is 12.0. The van der Waals surface area contributed by atoms with Gasteiger partial charge in [0.25, 0.3) is 0 Å². The van der Waals surface area contributed by atoms with Crippen LogP contribution in [0.1, 0.15) is 24.8 Å². The molecule has 0 atom stereocenters. The fourth-order valence-electron chi connectivity index (χ4n) is 2.48. The summed E-state index contributed by atoms with van der Waals surface area (Å²) in [7, 11) is -3.23. The molecular weight excluding hydrogens is 290 g/mol. The van der Waals surface area contributed by atoms with Crippen LogP contribution in [0.2, 0.25) is 0 Å². The van der Waals surface area contributed by atoms with Gasteiger partial charge in [0.15, 0.2) is 0 Å². The molecule has 1 amide bonds. The van der Waals surface area contributed by atoms with Gasteiger partial charge in [-0.05, 0) is 43.9 Å². The van der Waals surface area contributed by atoms with Crippen molar-refractivity contribution in [2.45, 2.75) is 31.7 Å². The van der Waals surface area contributed by atoms with Crippen LogP contribution in [-0.2, 0) is 14.8 Å². The maximum absolute atomic E-state index is 12.0. The van der Waals surface area contributed by atoms with Gasteiger partial charge in [-0.15, -0.1) is 0 Å². The van der Waals surface area contributed by atoms with Crippen molar-refractivity contribution in [2.75, 3.05) is 21.9 Å². The van der Waals surface area contributed by atoms with E-state index in [4.69, 9.17) is 5.73 Å². The molecule has 21 heavy (non-hydrogen) atoms. The van der Waals surface area contributed by atoms with Crippen LogP contribution < -0.4 is 15.4 Å². The highest BCUT2D eigenvalue weighted by Gasteiger charge is 2.46. The molecule has 2 fully saturated rings. The number of amides is 1. The van der Waals surface area contributed by atoms with E-state index in [2.05, 4.69) is 5.32 Å². The Morgan fingerprint density at radius 2 is 2.10 bits per heavy atom. The molecule has 1 saturated carbocycles. The van der Waals surface area contributed by atoms with Gasteiger partial charge in [-0.2, -0.15) is 0 Å². The fourth-order valence-corrected chi connectivity index (χ4v) is 4.10. The Hall–Kier alpha value is -1.60. The summed E-state index contributed by atoms with van der Waals surface area (Å²) in [6.07, 6.45) is 2.01. The molecule has 1 aromatic carbocycles. The lowest BCUT2D eigenvalue weighted by atomic mass is 10.1. The number of nitrogens with two attached hydrogens (primary N) is 1. The van der Waals surface area contributed by atoms with Gasteiger partial charge in [0, 0.05) is 12.2 Å². The number of anilines is 2. The lowest BCUT2D eigenvalue weighted by Crippen LogP contribution is -2.37. The summed E-state index contributed by atoms with van der Waals surface area (Å²) < 4.78 is 25.5. The van der Waals surface area contributed by atoms with E-state index >= 15 is 0 Å². The second kappa shape index (κ2) is 4.71. The first-order valence-corrected chi connectivity index (χ1v) is 8.64. The zero-order valence-corrected chi connectivity index (χ0v) is 12.7. The Bertz CT molecular complexity index is 695. The van der Waals surface area contributed by atoms with Crippen molar-refractivity contribution >= 4 is 27.3 Å². The SMILES string of the molecule is Cc1ccc(NC(=O)C2(N)CC2)cc1N1CCCS1(=O)=O. The normalized spacial score (nSPS) is 22.1. The van der Waals surface area contributed by atoms with E-state index in [-0.39, 0.29) is 11.7 Å². The zero-order chi connectivity index (χ0) is 15.3. The van der Waals surface area contributed by atoms with Gasteiger partial charge in [-0.3, -0.25) is 9.10 Å². The van der Waals surface area contributed by atoms with Crippen LogP contribution in [0.4, 0.5) is 11.4 Å². The summed E-state index contributed by atoms with van der Waals surface area (Å²) in [6.45, 7) is 2.35. The molecule has 7 heteroatoms. The second-order valence-corrected chi connectivity index (χ2v) is 7.87. The topological polar surface area (TPSA) is 92.5 Å². The number of carbonyl (C=O) groups excluding carboxylic acids is 1. The third-order valence-corrected chi connectivity index (χ3v) is 5.93. The van der Waals surface area contributed by atoms with Crippen LogP contribution in [0.3, 0.4) is 0 Å². The molecule has 0 unspecified atom stereocenters. The van der Waals surface area contributed by atoms with Gasteiger partial charge < -0.3 is 11.1 Å². The number of benzene rings is 1. The van der Waals surface area contributed by atoms with E-state index in [1.807, 2.05) is 13.0 Å². The third kappa shape index (κ3) is 2.63. The molecule has 114 valence electrons. The molecule has 0 aromatic heterocycles. The highest BCUT2D eigenvalue weighted by molar-refractivity contribution is 7.93. The quantitative estimate of drug-likeness (QED) is 0.870. The summed E-state index contributed by atoms with van der Waals surface area (Å²) in [5, 5.41) is 2.78. The molecule has 6 nitrogen and oxygen atoms in total. The molecule has 1 aromatic rings. The summed E-state index contributed by atoms with van der Waals surface area (Å²) in [5.74, 6) is -0.0313. The lowest BCUT2D eigenvalue weighted by molar-refractivity contribution is -0.118. The molecule has 3 N–H and O–H groups in total. The predicted octanol–water partition coefficient (Wildman–Crippen LogP) is 0.965. The first-order valence-electron chi connectivity index (χ1n) is 7.03. The number of nitrogens with one attached hydrogen (secondary N) is 1. The summed E-state index contributed by atoms with van der Waals surface area (Å²) in [4.78, 5) is 12.0. The Labute approximate surface area is 124 Å². The summed E-state index contributed by atoms with van der Waals surface area (Å²) in [6, 6.07) is 5.29. The van der Waals surface area contributed by atoms with Gasteiger partial charge in [0.05, 0.1) is 17.0 Å². The van der Waals surface area contributed by atoms with Crippen LogP contribution in [0, 0.1) is 6.92 Å². The molecule has 3 rings (SSSR count). The second-order valence-electron chi connectivity index (χ2n) is 5.85. The predicted molar refractivity (Wildman–Crippen MR) is 81.7 cm³/mol. The Balaban J connectivity index is 1.88. The number of nitrogens with zero attached hydrogens (tertiary/aromatic N) is 1. The van der Waals surface area contributed by atoms with Gasteiger partial charge >= 0.3 is 0 Å². The highest BCUT2D eigenvalue weighted by Crippen LogP contribution is 2.34. The summed E-state index contributed by atoms with van der Waals surface area (Å²) in [5.41, 5.74) is 7.19. The minimum absolute atomic E-state index is 0.176. The van der Waals surface area contributed by atoms with Gasteiger partial charge in [-0.25, -0.2) is 8.42 Å². The molecular formula is C14H19N3O3S. The first-order chi connectivity index (χ1) is 9.82. The number of aryl methyl sites for hydroxylation is 1. The van der Waals surface area contributed by atoms with Crippen molar-refractivity contribution in [2.24, 2.45) is 5.73 Å². The van der Waals surface area contributed by atoms with Crippen LogP contribution >= 0.6 is 0 Å². The van der Waals surface area contributed by atoms with E-state index in [9.17, 15) is 13.2 Å². The van der Waals surface area contributed by atoms with E-state index in [1.54, 1.807) is 12.1 Å². The smallest absolute Gasteiger partial charge is 0.244 e. The van der Waals surface area contributed by atoms with Crippen molar-refractivity contribution in [1.29, 1.82) is 0 Å². The Morgan fingerprint density at radius 3 is 2.67 bits per heavy atom. The number of sulfonamides is 1. The van der Waals surface area contributed by atoms with Crippen molar-refractivity contribution < 1.29 is 13.2 Å². The van der Waals surface area contributed by atoms with E-state index in [0.717, 1.165) is 5.56 Å². The molecule has 0 bridgehead atoms. The minimum atomic E-state index is -3.23. The molecule has 1 saturated heterocycles. The maximum Gasteiger partial charge on any atom is 0.244 e. The van der Waals surface area contributed by atoms with Crippen molar-refractivity contribution in [3.8, 4) is 0 Å². The average Bonchev–Trinajstić information content (AvgIpc) is 3.07. The van der Waals surface area contributed by atoms with E-state index in [0.29, 0.717) is 37.2 Å². The fraction of sp³-hybridized carbons (Fsp3) is 0.500. The van der Waals surface area contributed by atoms with Crippen LogP contribution in [0.15, 0.2) is 18.2 Å². The lowest BCUT2D eigenvalue weighted by Gasteiger charge is -2.20. The molecule has 1 aliphatic carbocycles. The molecule has 0 spiro atoms. The van der Waals surface area contributed by atoms with Crippen molar-refractivity contribution in [3.05, 3.63) is 23.8 Å². The zero-order valence-electron chi connectivity index (χ0n) is 11.9. The monoisotopic (exact) mass is 309 g/mol. The number of hydrogen-bond acceptors (Lipinski definition) is 4. The standard InChI is InChI=1S/C14H19N3O3S/c1-10-3-4-11(16-13(18)14(15)5-6-14)9-12(10)17-7-2-8-21(17,19)20/h3-4,9H,2,5-8,15H2,1H3,(H,16,18).